The van der Waals surface area contributed by atoms with E-state index in [0.29, 0.717) is 12.4 Å². The van der Waals surface area contributed by atoms with Crippen LogP contribution in [0, 0.1) is 0 Å². The van der Waals surface area contributed by atoms with Crippen LogP contribution in [0.25, 0.3) is 5.57 Å². The van der Waals surface area contributed by atoms with Crippen LogP contribution in [0.2, 0.25) is 0 Å². The van der Waals surface area contributed by atoms with E-state index < -0.39 is 0 Å². The Morgan fingerprint density at radius 2 is 2.50 bits per heavy atom. The molecule has 0 spiro atoms. The minimum absolute atomic E-state index is 0.116. The zero-order valence-corrected chi connectivity index (χ0v) is 9.09. The van der Waals surface area contributed by atoms with Gasteiger partial charge in [-0.1, -0.05) is 0 Å². The molecular weight excluding hydrogens is 206 g/mol. The maximum Gasteiger partial charge on any atom is 0.320 e. The van der Waals surface area contributed by atoms with Crippen LogP contribution < -0.4 is 0 Å². The first-order valence-electron chi connectivity index (χ1n) is 5.45. The van der Waals surface area contributed by atoms with Crippen molar-refractivity contribution in [2.45, 2.75) is 13.0 Å². The van der Waals surface area contributed by atoms with E-state index in [-0.39, 0.29) is 12.1 Å². The molecule has 0 aromatic carbocycles. The van der Waals surface area contributed by atoms with Gasteiger partial charge in [0.05, 0.1) is 18.8 Å². The van der Waals surface area contributed by atoms with E-state index in [1.165, 1.54) is 0 Å². The number of urea groups is 1. The number of carbonyl (C=O) groups excluding carboxylic acids is 1. The second kappa shape index (κ2) is 3.37. The standard InChI is InChI=1S/C11H13N3O2/c1-2-14-9-5-8(10-12-3-4-16-10)6-13(7-9)11(14)15/h3-5,9H,2,6-7H2,1H3. The average Bonchev–Trinajstić information content (AvgIpc) is 2.88. The molecule has 2 amide bonds. The Labute approximate surface area is 93.3 Å². The number of hydrogen-bond acceptors (Lipinski definition) is 3. The molecule has 0 N–H and O–H groups in total. The lowest BCUT2D eigenvalue weighted by atomic mass is 10.1. The molecule has 1 aromatic heterocycles. The highest BCUT2D eigenvalue weighted by molar-refractivity contribution is 5.82. The maximum atomic E-state index is 11.9. The zero-order valence-electron chi connectivity index (χ0n) is 9.09. The molecule has 5 nitrogen and oxygen atoms in total. The molecule has 1 saturated heterocycles. The van der Waals surface area contributed by atoms with E-state index in [2.05, 4.69) is 11.1 Å². The Kier molecular flexibility index (Phi) is 1.99. The fourth-order valence-electron chi connectivity index (χ4n) is 2.38. The molecule has 84 valence electrons. The van der Waals surface area contributed by atoms with Crippen LogP contribution in [-0.4, -0.2) is 46.5 Å². The Hall–Kier alpha value is -1.78. The topological polar surface area (TPSA) is 49.6 Å². The van der Waals surface area contributed by atoms with Crippen molar-refractivity contribution in [2.75, 3.05) is 19.6 Å². The Bertz CT molecular complexity index is 438. The molecule has 0 aliphatic carbocycles. The molecule has 16 heavy (non-hydrogen) atoms. The highest BCUT2D eigenvalue weighted by Gasteiger charge is 2.39. The van der Waals surface area contributed by atoms with Crippen molar-refractivity contribution in [3.8, 4) is 0 Å². The van der Waals surface area contributed by atoms with Crippen molar-refractivity contribution in [1.82, 2.24) is 14.8 Å². The number of carbonyl (C=O) groups is 1. The van der Waals surface area contributed by atoms with Crippen molar-refractivity contribution in [3.05, 3.63) is 24.4 Å². The summed E-state index contributed by atoms with van der Waals surface area (Å²) in [5, 5.41) is 0. The third-order valence-corrected chi connectivity index (χ3v) is 3.13. The molecule has 0 radical (unpaired) electrons. The quantitative estimate of drug-likeness (QED) is 0.751. The highest BCUT2D eigenvalue weighted by Crippen LogP contribution is 2.28. The third kappa shape index (κ3) is 1.24. The molecular formula is C11H13N3O2. The number of aromatic nitrogens is 1. The minimum atomic E-state index is 0.116. The number of fused-ring (bicyclic) bond motifs is 2. The van der Waals surface area contributed by atoms with E-state index in [1.807, 2.05) is 16.7 Å². The van der Waals surface area contributed by atoms with Crippen molar-refractivity contribution < 1.29 is 9.21 Å². The second-order valence-corrected chi connectivity index (χ2v) is 4.05. The van der Waals surface area contributed by atoms with Gasteiger partial charge in [0, 0.05) is 18.7 Å². The Balaban J connectivity index is 1.93. The summed E-state index contributed by atoms with van der Waals surface area (Å²) in [6.07, 6.45) is 5.28. The molecule has 2 aliphatic heterocycles. The van der Waals surface area contributed by atoms with Crippen LogP contribution in [-0.2, 0) is 0 Å². The van der Waals surface area contributed by atoms with Crippen molar-refractivity contribution in [3.63, 3.8) is 0 Å². The van der Waals surface area contributed by atoms with Gasteiger partial charge >= 0.3 is 6.03 Å². The fourth-order valence-corrected chi connectivity index (χ4v) is 2.38. The first-order chi connectivity index (χ1) is 7.79. The number of oxazole rings is 1. The molecule has 1 fully saturated rings. The maximum absolute atomic E-state index is 11.9. The molecule has 1 unspecified atom stereocenters. The summed E-state index contributed by atoms with van der Waals surface area (Å²) >= 11 is 0. The molecule has 1 atom stereocenters. The predicted octanol–water partition coefficient (Wildman–Crippen LogP) is 1.20. The van der Waals surface area contributed by atoms with Crippen molar-refractivity contribution in [2.24, 2.45) is 0 Å². The van der Waals surface area contributed by atoms with Gasteiger partial charge in [-0.05, 0) is 13.0 Å². The molecule has 3 rings (SSSR count). The van der Waals surface area contributed by atoms with Gasteiger partial charge < -0.3 is 14.2 Å². The van der Waals surface area contributed by atoms with Gasteiger partial charge in [-0.3, -0.25) is 0 Å². The lowest BCUT2D eigenvalue weighted by Gasteiger charge is -2.19. The number of hydrogen-bond donors (Lipinski definition) is 0. The summed E-state index contributed by atoms with van der Waals surface area (Å²) in [5.74, 6) is 0.625. The normalized spacial score (nSPS) is 23.9. The van der Waals surface area contributed by atoms with Crippen LogP contribution in [0.1, 0.15) is 12.8 Å². The van der Waals surface area contributed by atoms with E-state index in [0.717, 1.165) is 18.7 Å². The summed E-state index contributed by atoms with van der Waals surface area (Å²) in [4.78, 5) is 19.7. The van der Waals surface area contributed by atoms with Gasteiger partial charge in [0.25, 0.3) is 0 Å². The van der Waals surface area contributed by atoms with Gasteiger partial charge in [0.2, 0.25) is 5.89 Å². The summed E-state index contributed by atoms with van der Waals surface area (Å²) in [6, 6.07) is 0.290. The minimum Gasteiger partial charge on any atom is -0.445 e. The molecule has 2 bridgehead atoms. The van der Waals surface area contributed by atoms with Gasteiger partial charge in [-0.2, -0.15) is 0 Å². The summed E-state index contributed by atoms with van der Waals surface area (Å²) in [6.45, 7) is 4.14. The number of likely N-dealkylation sites (N-methyl/N-ethyl adjacent to an activating group) is 1. The van der Waals surface area contributed by atoms with Crippen molar-refractivity contribution in [1.29, 1.82) is 0 Å². The van der Waals surface area contributed by atoms with Gasteiger partial charge in [0.1, 0.15) is 6.26 Å². The molecule has 1 aromatic rings. The SMILES string of the molecule is CCN1C(=O)N2CC(c3ncco3)=CC1C2. The lowest BCUT2D eigenvalue weighted by Crippen LogP contribution is -2.32. The van der Waals surface area contributed by atoms with Crippen LogP contribution >= 0.6 is 0 Å². The van der Waals surface area contributed by atoms with Crippen LogP contribution in [0.3, 0.4) is 0 Å². The number of rotatable bonds is 2. The third-order valence-electron chi connectivity index (χ3n) is 3.13. The fraction of sp³-hybridized carbons (Fsp3) is 0.455. The van der Waals surface area contributed by atoms with Crippen LogP contribution in [0.4, 0.5) is 4.79 Å². The number of nitrogens with zero attached hydrogens (tertiary/aromatic N) is 3. The average molecular weight is 219 g/mol. The van der Waals surface area contributed by atoms with E-state index in [4.69, 9.17) is 4.42 Å². The largest absolute Gasteiger partial charge is 0.445 e. The zero-order chi connectivity index (χ0) is 11.1. The summed E-state index contributed by atoms with van der Waals surface area (Å²) in [5.41, 5.74) is 1.01. The lowest BCUT2D eigenvalue weighted by molar-refractivity contribution is 0.196. The Morgan fingerprint density at radius 3 is 3.19 bits per heavy atom. The van der Waals surface area contributed by atoms with Crippen LogP contribution in [0.15, 0.2) is 23.0 Å². The van der Waals surface area contributed by atoms with Gasteiger partial charge in [-0.15, -0.1) is 0 Å². The highest BCUT2D eigenvalue weighted by atomic mass is 16.3. The van der Waals surface area contributed by atoms with Gasteiger partial charge in [0.15, 0.2) is 0 Å². The molecule has 5 heteroatoms. The molecule has 0 saturated carbocycles. The molecule has 3 heterocycles. The summed E-state index contributed by atoms with van der Waals surface area (Å²) < 4.78 is 5.27. The predicted molar refractivity (Wildman–Crippen MR) is 57.6 cm³/mol. The van der Waals surface area contributed by atoms with Gasteiger partial charge in [-0.25, -0.2) is 9.78 Å². The van der Waals surface area contributed by atoms with E-state index in [9.17, 15) is 4.79 Å². The monoisotopic (exact) mass is 219 g/mol. The van der Waals surface area contributed by atoms with E-state index >= 15 is 0 Å². The van der Waals surface area contributed by atoms with Crippen LogP contribution in [0.5, 0.6) is 0 Å². The Morgan fingerprint density at radius 1 is 1.62 bits per heavy atom. The van der Waals surface area contributed by atoms with Crippen molar-refractivity contribution >= 4 is 11.6 Å². The molecule has 2 aliphatic rings. The first-order valence-corrected chi connectivity index (χ1v) is 5.45. The number of amides is 2. The smallest absolute Gasteiger partial charge is 0.320 e. The van der Waals surface area contributed by atoms with E-state index in [1.54, 1.807) is 12.5 Å². The summed E-state index contributed by atoms with van der Waals surface area (Å²) in [7, 11) is 0. The second-order valence-electron chi connectivity index (χ2n) is 4.05. The first kappa shape index (κ1) is 9.45.